The minimum atomic E-state index is 0. The third-order valence-corrected chi connectivity index (χ3v) is 0. The van der Waals surface area contributed by atoms with E-state index in [9.17, 15) is 0 Å². The molecular formula is H15ClN4O. The van der Waals surface area contributed by atoms with Crippen LogP contribution in [0.4, 0.5) is 0 Å². The molecule has 0 spiro atoms. The smallest absolute Gasteiger partial charge is 0.147 e. The van der Waals surface area contributed by atoms with Gasteiger partial charge >= 0.3 is 0 Å². The van der Waals surface area contributed by atoms with Gasteiger partial charge < -0.3 is 30.1 Å². The normalized spacial score (nSPS) is 0. The molecule has 0 aliphatic rings. The Balaban J connectivity index is 0. The van der Waals surface area contributed by atoms with Crippen molar-refractivity contribution in [3.8, 4) is 0 Å². The van der Waals surface area contributed by atoms with E-state index >= 15 is 0 Å². The summed E-state index contributed by atoms with van der Waals surface area (Å²) in [5.41, 5.74) is 0. The lowest BCUT2D eigenvalue weighted by atomic mass is 14.0. The van der Waals surface area contributed by atoms with Crippen LogP contribution in [0.1, 0.15) is 0 Å². The Bertz CT molecular complexity index is 7.51. The molecule has 14 N–H and O–H groups in total. The van der Waals surface area contributed by atoms with Gasteiger partial charge in [-0.1, -0.05) is 0 Å². The average molecular weight is 123 g/mol. The molecule has 6 heavy (non-hydrogen) atoms. The molecule has 0 aromatic rings. The highest BCUT2D eigenvalue weighted by atomic mass is 35.5. The van der Waals surface area contributed by atoms with E-state index < -0.39 is 0 Å². The standard InChI is InChI=1S/ClH.4H3N.H2O/h1H;4*1H3;1H2. The minimum absolute atomic E-state index is 0. The molecule has 0 aliphatic heterocycles. The van der Waals surface area contributed by atoms with Gasteiger partial charge in [0.1, 0.15) is 0 Å². The zero-order valence-electron chi connectivity index (χ0n) is 3.74. The van der Waals surface area contributed by atoms with E-state index in [1.807, 2.05) is 0 Å². The molecule has 48 valence electrons. The maximum Gasteiger partial charge on any atom is -0.147 e. The fraction of sp³-hybridized carbons (Fsp3) is 0. The highest BCUT2D eigenvalue weighted by Gasteiger charge is -0.147. The van der Waals surface area contributed by atoms with E-state index in [4.69, 9.17) is 0 Å². The fourth-order valence-corrected chi connectivity index (χ4v) is 0. The van der Waals surface area contributed by atoms with Crippen molar-refractivity contribution in [3.05, 3.63) is 0 Å². The highest BCUT2D eigenvalue weighted by molar-refractivity contribution is 5.85. The molecule has 0 aromatic heterocycles. The lowest BCUT2D eigenvalue weighted by Gasteiger charge is -0.412. The molecular weight excluding hydrogens is 107 g/mol. The first-order chi connectivity index (χ1) is 0. The van der Waals surface area contributed by atoms with Crippen LogP contribution in [0, 0.1) is 0 Å². The van der Waals surface area contributed by atoms with Crippen molar-refractivity contribution in [3.63, 3.8) is 0 Å². The molecule has 5 nitrogen and oxygen atoms in total. The Morgan fingerprint density at radius 2 is 0.500 bits per heavy atom. The molecule has 0 heterocycles. The summed E-state index contributed by atoms with van der Waals surface area (Å²) in [4.78, 5) is 0. The number of rotatable bonds is 0. The lowest BCUT2D eigenvalue weighted by molar-refractivity contribution is 0.824. The van der Waals surface area contributed by atoms with E-state index in [-0.39, 0.29) is 42.5 Å². The molecule has 6 heteroatoms. The second kappa shape index (κ2) is 10500. The Labute approximate surface area is 43.5 Å². The van der Waals surface area contributed by atoms with Crippen molar-refractivity contribution in [1.29, 1.82) is 0 Å². The molecule has 0 aliphatic carbocycles. The first-order valence-electron chi connectivity index (χ1n) is 0. The van der Waals surface area contributed by atoms with E-state index in [0.29, 0.717) is 0 Å². The summed E-state index contributed by atoms with van der Waals surface area (Å²) in [7, 11) is 0. The average Bonchev–Trinajstić information content (AvgIpc) is 0. The van der Waals surface area contributed by atoms with Crippen molar-refractivity contribution in [2.75, 3.05) is 0 Å². The van der Waals surface area contributed by atoms with Crippen LogP contribution >= 0.6 is 12.4 Å². The maximum atomic E-state index is 0. The van der Waals surface area contributed by atoms with Crippen molar-refractivity contribution in [1.82, 2.24) is 24.6 Å². The highest BCUT2D eigenvalue weighted by Crippen LogP contribution is 0.690. The predicted octanol–water partition coefficient (Wildman–Crippen LogP) is 0.245. The van der Waals surface area contributed by atoms with Crippen LogP contribution in [-0.2, 0) is 0 Å². The third kappa shape index (κ3) is 4820. The Kier molecular flexibility index (Phi) is 34100000. The first-order valence-corrected chi connectivity index (χ1v) is 0. The van der Waals surface area contributed by atoms with Crippen molar-refractivity contribution in [2.45, 2.75) is 0 Å². The molecule has 0 aromatic carbocycles. The van der Waals surface area contributed by atoms with E-state index in [0.717, 1.165) is 0 Å². The molecule has 0 rings (SSSR count). The Hall–Kier alpha value is 0.0900. The van der Waals surface area contributed by atoms with Crippen LogP contribution in [0.5, 0.6) is 0 Å². The van der Waals surface area contributed by atoms with E-state index in [1.54, 1.807) is 0 Å². The fourth-order valence-electron chi connectivity index (χ4n) is 0. The van der Waals surface area contributed by atoms with Gasteiger partial charge in [-0.15, -0.1) is 12.4 Å². The monoisotopic (exact) mass is 122 g/mol. The summed E-state index contributed by atoms with van der Waals surface area (Å²) < 4.78 is 0. The molecule has 0 radical (unpaired) electrons. The second-order valence-electron chi connectivity index (χ2n) is 0. The predicted molar refractivity (Wildman–Crippen MR) is 31.0 cm³/mol. The molecule has 0 amide bonds. The van der Waals surface area contributed by atoms with Crippen LogP contribution in [0.3, 0.4) is 0 Å². The van der Waals surface area contributed by atoms with Crippen LogP contribution in [0.15, 0.2) is 0 Å². The van der Waals surface area contributed by atoms with Gasteiger partial charge in [0.05, 0.1) is 0 Å². The molecule has 0 unspecified atom stereocenters. The largest absolute Gasteiger partial charge is 0.412 e. The van der Waals surface area contributed by atoms with Crippen LogP contribution in [0.25, 0.3) is 0 Å². The minimum Gasteiger partial charge on any atom is -0.412 e. The summed E-state index contributed by atoms with van der Waals surface area (Å²) in [5, 5.41) is 0. The second-order valence-corrected chi connectivity index (χ2v) is 0. The van der Waals surface area contributed by atoms with Crippen LogP contribution in [0.2, 0.25) is 0 Å². The summed E-state index contributed by atoms with van der Waals surface area (Å²) in [6, 6.07) is 0. The quantitative estimate of drug-likeness (QED) is 0.361. The van der Waals surface area contributed by atoms with Gasteiger partial charge in [-0.05, 0) is 0 Å². The van der Waals surface area contributed by atoms with Gasteiger partial charge in [0, 0.05) is 0 Å². The maximum absolute atomic E-state index is 0. The van der Waals surface area contributed by atoms with Gasteiger partial charge in [-0.3, -0.25) is 0 Å². The number of halogens is 1. The molecule has 0 fully saturated rings. The summed E-state index contributed by atoms with van der Waals surface area (Å²) in [5.74, 6) is 0. The zero-order valence-corrected chi connectivity index (χ0v) is 4.55. The topological polar surface area (TPSA) is 172 Å². The van der Waals surface area contributed by atoms with Crippen molar-refractivity contribution < 1.29 is 5.48 Å². The van der Waals surface area contributed by atoms with E-state index in [2.05, 4.69) is 0 Å². The van der Waals surface area contributed by atoms with Crippen molar-refractivity contribution >= 4 is 12.4 Å². The van der Waals surface area contributed by atoms with Crippen molar-refractivity contribution in [2.24, 2.45) is 0 Å². The van der Waals surface area contributed by atoms with Crippen LogP contribution in [-0.4, -0.2) is 5.48 Å². The Morgan fingerprint density at radius 1 is 0.500 bits per heavy atom. The van der Waals surface area contributed by atoms with Gasteiger partial charge in [-0.25, -0.2) is 0 Å². The number of hydrogen-bond donors (Lipinski definition) is 4. The molecule has 0 saturated carbocycles. The molecule has 0 atom stereocenters. The molecule has 0 saturated heterocycles. The van der Waals surface area contributed by atoms with Gasteiger partial charge in [0.25, 0.3) is 0 Å². The Morgan fingerprint density at radius 3 is 0.500 bits per heavy atom. The zero-order chi connectivity index (χ0) is 0. The van der Waals surface area contributed by atoms with E-state index in [1.165, 1.54) is 0 Å². The summed E-state index contributed by atoms with van der Waals surface area (Å²) in [6.07, 6.45) is 0. The summed E-state index contributed by atoms with van der Waals surface area (Å²) in [6.45, 7) is 0. The first kappa shape index (κ1) is 19500. The van der Waals surface area contributed by atoms with Gasteiger partial charge in [0.15, 0.2) is 0 Å². The molecule has 0 bridgehead atoms. The summed E-state index contributed by atoms with van der Waals surface area (Å²) >= 11 is 0. The van der Waals surface area contributed by atoms with Gasteiger partial charge in [0.2, 0.25) is 0 Å². The SMILES string of the molecule is Cl.N.N.N.N.O. The van der Waals surface area contributed by atoms with Crippen LogP contribution < -0.4 is 24.6 Å². The van der Waals surface area contributed by atoms with Gasteiger partial charge in [-0.2, -0.15) is 0 Å². The third-order valence-electron chi connectivity index (χ3n) is 0. The number of hydrogen-bond acceptors (Lipinski definition) is 4. The lowest BCUT2D eigenvalue weighted by Crippen LogP contribution is -0.482.